The van der Waals surface area contributed by atoms with Gasteiger partial charge in [-0.15, -0.1) is 11.3 Å². The van der Waals surface area contributed by atoms with Gasteiger partial charge < -0.3 is 5.11 Å². The third kappa shape index (κ3) is 3.18. The van der Waals surface area contributed by atoms with Crippen LogP contribution in [0, 0.1) is 0 Å². The molecule has 2 heterocycles. The van der Waals surface area contributed by atoms with E-state index in [-0.39, 0.29) is 20.1 Å². The first-order valence-electron chi connectivity index (χ1n) is 4.76. The number of aromatic nitrogens is 3. The minimum atomic E-state index is -3.82. The molecule has 3 N–H and O–H groups in total. The summed E-state index contributed by atoms with van der Waals surface area (Å²) in [6.45, 7) is -0.0625. The van der Waals surface area contributed by atoms with Gasteiger partial charge in [-0.2, -0.15) is 5.10 Å². The molecule has 0 unspecified atom stereocenters. The molecular formula is C8H7BrN4O4S2. The maximum absolute atomic E-state index is 12.0. The van der Waals surface area contributed by atoms with Gasteiger partial charge in [0.05, 0.1) is 10.3 Å². The summed E-state index contributed by atoms with van der Waals surface area (Å²) in [7, 11) is -3.82. The highest BCUT2D eigenvalue weighted by Gasteiger charge is 2.23. The van der Waals surface area contributed by atoms with Crippen LogP contribution in [0.3, 0.4) is 0 Å². The van der Waals surface area contributed by atoms with Gasteiger partial charge in [0, 0.05) is 0 Å². The number of rotatable bonds is 5. The Morgan fingerprint density at radius 3 is 2.84 bits per heavy atom. The van der Waals surface area contributed by atoms with Crippen LogP contribution < -0.4 is 4.72 Å². The Hall–Kier alpha value is -1.30. The Kier molecular flexibility index (Phi) is 3.99. The number of carboxylic acids is 1. The fraction of sp³-hybridized carbons (Fsp3) is 0.125. The first-order chi connectivity index (χ1) is 8.90. The Balaban J connectivity index is 2.22. The zero-order valence-corrected chi connectivity index (χ0v) is 12.3. The summed E-state index contributed by atoms with van der Waals surface area (Å²) >= 11 is 3.88. The molecule has 8 nitrogen and oxygen atoms in total. The summed E-state index contributed by atoms with van der Waals surface area (Å²) in [6.07, 6.45) is 1.26. The molecule has 0 bridgehead atoms. The van der Waals surface area contributed by atoms with Gasteiger partial charge in [0.2, 0.25) is 10.0 Å². The van der Waals surface area contributed by atoms with Gasteiger partial charge >= 0.3 is 5.97 Å². The molecule has 0 aliphatic rings. The Labute approximate surface area is 120 Å². The fourth-order valence-corrected chi connectivity index (χ4v) is 4.59. The number of sulfonamides is 1. The topological polar surface area (TPSA) is 125 Å². The molecule has 0 saturated carbocycles. The normalized spacial score (nSPS) is 11.6. The standard InChI is InChI=1S/C8H7BrN4O4S2/c9-7-5(1-4(18-7)8(14)15)19(16,17)12-2-6-10-3-11-13-6/h1,3,12H,2H2,(H,14,15)(H,10,11,13). The summed E-state index contributed by atoms with van der Waals surface area (Å²) < 4.78 is 26.5. The number of carbonyl (C=O) groups is 1. The SMILES string of the molecule is O=C(O)c1cc(S(=O)(=O)NCc2ncn[nH]2)c(Br)s1. The van der Waals surface area contributed by atoms with E-state index in [1.165, 1.54) is 6.33 Å². The van der Waals surface area contributed by atoms with E-state index >= 15 is 0 Å². The van der Waals surface area contributed by atoms with Crippen molar-refractivity contribution in [3.63, 3.8) is 0 Å². The van der Waals surface area contributed by atoms with Crippen molar-refractivity contribution < 1.29 is 18.3 Å². The lowest BCUT2D eigenvalue weighted by molar-refractivity contribution is 0.0702. The first-order valence-corrected chi connectivity index (χ1v) is 7.86. The van der Waals surface area contributed by atoms with Crippen LogP contribution in [0.25, 0.3) is 0 Å². The third-order valence-electron chi connectivity index (χ3n) is 2.05. The number of aromatic amines is 1. The molecule has 0 aliphatic carbocycles. The first kappa shape index (κ1) is 14.1. The highest BCUT2D eigenvalue weighted by atomic mass is 79.9. The molecule has 0 aromatic carbocycles. The largest absolute Gasteiger partial charge is 0.477 e. The summed E-state index contributed by atoms with van der Waals surface area (Å²) in [4.78, 5) is 14.4. The number of H-pyrrole nitrogens is 1. The van der Waals surface area contributed by atoms with Crippen molar-refractivity contribution in [1.82, 2.24) is 19.9 Å². The predicted octanol–water partition coefficient (Wildman–Crippen LogP) is 0.805. The van der Waals surface area contributed by atoms with Crippen LogP contribution in [0.4, 0.5) is 0 Å². The van der Waals surface area contributed by atoms with Crippen LogP contribution in [-0.4, -0.2) is 34.7 Å². The molecule has 19 heavy (non-hydrogen) atoms. The van der Waals surface area contributed by atoms with E-state index in [4.69, 9.17) is 5.11 Å². The van der Waals surface area contributed by atoms with Gasteiger partial charge in [-0.05, 0) is 22.0 Å². The van der Waals surface area contributed by atoms with Gasteiger partial charge in [-0.25, -0.2) is 22.9 Å². The lowest BCUT2D eigenvalue weighted by atomic mass is 10.5. The van der Waals surface area contributed by atoms with Gasteiger partial charge in [-0.1, -0.05) is 0 Å². The lowest BCUT2D eigenvalue weighted by Crippen LogP contribution is -2.23. The molecule has 0 saturated heterocycles. The molecule has 2 aromatic heterocycles. The van der Waals surface area contributed by atoms with Crippen molar-refractivity contribution in [2.45, 2.75) is 11.4 Å². The Morgan fingerprint density at radius 2 is 2.32 bits per heavy atom. The Morgan fingerprint density at radius 1 is 1.58 bits per heavy atom. The van der Waals surface area contributed by atoms with Crippen LogP contribution in [-0.2, 0) is 16.6 Å². The lowest BCUT2D eigenvalue weighted by Gasteiger charge is -2.03. The van der Waals surface area contributed by atoms with E-state index in [0.717, 1.165) is 17.4 Å². The van der Waals surface area contributed by atoms with Crippen molar-refractivity contribution in [3.8, 4) is 0 Å². The molecule has 0 radical (unpaired) electrons. The van der Waals surface area contributed by atoms with E-state index in [1.54, 1.807) is 0 Å². The second-order valence-electron chi connectivity index (χ2n) is 3.31. The summed E-state index contributed by atoms with van der Waals surface area (Å²) in [5.74, 6) is -0.823. The molecule has 102 valence electrons. The van der Waals surface area contributed by atoms with Crippen LogP contribution in [0.2, 0.25) is 0 Å². The fourth-order valence-electron chi connectivity index (χ4n) is 1.20. The van der Waals surface area contributed by atoms with E-state index < -0.39 is 16.0 Å². The van der Waals surface area contributed by atoms with E-state index in [9.17, 15) is 13.2 Å². The molecule has 2 aromatic rings. The van der Waals surface area contributed by atoms with Crippen LogP contribution >= 0.6 is 27.3 Å². The number of aromatic carboxylic acids is 1. The zero-order chi connectivity index (χ0) is 14.0. The summed E-state index contributed by atoms with van der Waals surface area (Å²) in [5.41, 5.74) is 0. The van der Waals surface area contributed by atoms with Gasteiger partial charge in [0.1, 0.15) is 21.9 Å². The number of carboxylic acid groups (broad SMARTS) is 1. The quantitative estimate of drug-likeness (QED) is 0.718. The van der Waals surface area contributed by atoms with Crippen molar-refractivity contribution in [1.29, 1.82) is 0 Å². The molecular weight excluding hydrogens is 360 g/mol. The predicted molar refractivity (Wildman–Crippen MR) is 69.4 cm³/mol. The van der Waals surface area contributed by atoms with E-state index in [1.807, 2.05) is 0 Å². The number of nitrogens with one attached hydrogen (secondary N) is 2. The number of nitrogens with zero attached hydrogens (tertiary/aromatic N) is 2. The maximum Gasteiger partial charge on any atom is 0.345 e. The second kappa shape index (κ2) is 5.36. The zero-order valence-electron chi connectivity index (χ0n) is 9.12. The van der Waals surface area contributed by atoms with E-state index in [0.29, 0.717) is 5.82 Å². The monoisotopic (exact) mass is 366 g/mol. The van der Waals surface area contributed by atoms with Gasteiger partial charge in [0.15, 0.2) is 0 Å². The number of hydrogen-bond acceptors (Lipinski definition) is 6. The smallest absolute Gasteiger partial charge is 0.345 e. The molecule has 11 heteroatoms. The van der Waals surface area contributed by atoms with Crippen molar-refractivity contribution in [2.75, 3.05) is 0 Å². The average Bonchev–Trinajstić information content (AvgIpc) is 2.95. The van der Waals surface area contributed by atoms with Gasteiger partial charge in [-0.3, -0.25) is 5.10 Å². The highest BCUT2D eigenvalue weighted by Crippen LogP contribution is 2.31. The molecule has 0 amide bonds. The van der Waals surface area contributed by atoms with Crippen LogP contribution in [0.15, 0.2) is 21.1 Å². The van der Waals surface area contributed by atoms with Crippen molar-refractivity contribution >= 4 is 43.3 Å². The molecule has 0 atom stereocenters. The second-order valence-corrected chi connectivity index (χ2v) is 7.42. The average molecular weight is 367 g/mol. The maximum atomic E-state index is 12.0. The number of hydrogen-bond donors (Lipinski definition) is 3. The highest BCUT2D eigenvalue weighted by molar-refractivity contribution is 9.11. The minimum absolute atomic E-state index is 0.0625. The Bertz CT molecular complexity index is 694. The molecule has 0 fully saturated rings. The third-order valence-corrected chi connectivity index (χ3v) is 5.69. The van der Waals surface area contributed by atoms with Crippen LogP contribution in [0.1, 0.15) is 15.5 Å². The summed E-state index contributed by atoms with van der Waals surface area (Å²) in [5, 5.41) is 14.9. The van der Waals surface area contributed by atoms with Crippen LogP contribution in [0.5, 0.6) is 0 Å². The molecule has 2 rings (SSSR count). The molecule has 0 aliphatic heterocycles. The van der Waals surface area contributed by atoms with Crippen molar-refractivity contribution in [2.24, 2.45) is 0 Å². The molecule has 0 spiro atoms. The van der Waals surface area contributed by atoms with Gasteiger partial charge in [0.25, 0.3) is 0 Å². The summed E-state index contributed by atoms with van der Waals surface area (Å²) in [6, 6.07) is 1.10. The number of thiophene rings is 1. The van der Waals surface area contributed by atoms with E-state index in [2.05, 4.69) is 35.8 Å². The van der Waals surface area contributed by atoms with Crippen molar-refractivity contribution in [3.05, 3.63) is 26.9 Å². The minimum Gasteiger partial charge on any atom is -0.477 e. The number of halogens is 1.